The highest BCUT2D eigenvalue weighted by atomic mass is 14.9. The lowest BCUT2D eigenvalue weighted by molar-refractivity contribution is 1.45. The van der Waals surface area contributed by atoms with Crippen LogP contribution in [0.2, 0.25) is 0 Å². The van der Waals surface area contributed by atoms with E-state index in [1.807, 2.05) is 6.07 Å². The highest BCUT2D eigenvalue weighted by Gasteiger charge is 2.09. The second-order valence-electron chi connectivity index (χ2n) is 4.18. The lowest BCUT2D eigenvalue weighted by Crippen LogP contribution is -2.11. The first-order chi connectivity index (χ1) is 10.7. The van der Waals surface area contributed by atoms with E-state index in [1.54, 1.807) is 36.4 Å². The van der Waals surface area contributed by atoms with Crippen molar-refractivity contribution in [3.05, 3.63) is 69.2 Å². The molecule has 5 nitrogen and oxygen atoms in total. The Kier molecular flexibility index (Phi) is 3.83. The molecule has 0 spiro atoms. The van der Waals surface area contributed by atoms with Crippen LogP contribution in [0, 0.1) is 47.1 Å². The van der Waals surface area contributed by atoms with E-state index in [1.165, 1.54) is 6.07 Å². The maximum Gasteiger partial charge on any atom is 0.526 e. The molecule has 0 saturated heterocycles. The first-order valence-electron chi connectivity index (χ1n) is 5.96. The normalized spacial score (nSPS) is 8.68. The molecule has 0 aliphatic heterocycles. The molecule has 0 radical (unpaired) electrons. The Hall–Kier alpha value is -4.11. The van der Waals surface area contributed by atoms with E-state index in [0.29, 0.717) is 16.0 Å². The number of rotatable bonds is 0. The third kappa shape index (κ3) is 2.21. The molecule has 0 aliphatic carbocycles. The zero-order chi connectivity index (χ0) is 16.1. The van der Waals surface area contributed by atoms with Crippen molar-refractivity contribution in [3.63, 3.8) is 0 Å². The number of benzene rings is 2. The molecule has 0 amide bonds. The van der Waals surface area contributed by atoms with Crippen molar-refractivity contribution in [2.24, 2.45) is 0 Å². The number of fused-ring (bicyclic) bond motifs is 1. The quantitative estimate of drug-likeness (QED) is 0.690. The third-order valence-electron chi connectivity index (χ3n) is 3.09. The summed E-state index contributed by atoms with van der Waals surface area (Å²) in [6.45, 7) is 13.9. The van der Waals surface area contributed by atoms with E-state index in [-0.39, 0.29) is 22.2 Å². The van der Waals surface area contributed by atoms with E-state index in [2.05, 4.69) is 9.69 Å². The zero-order valence-corrected chi connectivity index (χ0v) is 11.1. The summed E-state index contributed by atoms with van der Waals surface area (Å²) < 4.78 is 0. The van der Waals surface area contributed by atoms with Crippen LogP contribution in [-0.4, -0.2) is 0 Å². The standard InChI is InChI=1S/C17H5N5/c1-21-17(22-2)12-4-6-14-11(7-12)3-5-15(16(14)10-20)13(8-18)9-19/h3-7H. The largest absolute Gasteiger partial charge is 0.526 e. The Balaban J connectivity index is 3.04. The average Bonchev–Trinajstić information content (AvgIpc) is 2.56. The SMILES string of the molecule is [C-]#[N+]C([N+]#[C-])=c1ccc2c(C#N)c(=C(C#N)C#N)ccc2c1. The monoisotopic (exact) mass is 279 g/mol. The van der Waals surface area contributed by atoms with Crippen molar-refractivity contribution < 1.29 is 0 Å². The van der Waals surface area contributed by atoms with Crippen molar-refractivity contribution in [2.75, 3.05) is 0 Å². The van der Waals surface area contributed by atoms with E-state index in [0.717, 1.165) is 0 Å². The smallest absolute Gasteiger partial charge is 0.192 e. The maximum absolute atomic E-state index is 9.34. The molecule has 22 heavy (non-hydrogen) atoms. The van der Waals surface area contributed by atoms with Crippen LogP contribution in [0.1, 0.15) is 5.56 Å². The molecule has 0 saturated carbocycles. The molecule has 0 aromatic heterocycles. The van der Waals surface area contributed by atoms with Gasteiger partial charge in [-0.15, -0.1) is 0 Å². The van der Waals surface area contributed by atoms with Crippen LogP contribution in [-0.2, 0) is 0 Å². The van der Waals surface area contributed by atoms with E-state index < -0.39 is 0 Å². The van der Waals surface area contributed by atoms with Gasteiger partial charge in [0.15, 0.2) is 0 Å². The van der Waals surface area contributed by atoms with Crippen LogP contribution >= 0.6 is 0 Å². The lowest BCUT2D eigenvalue weighted by atomic mass is 10.00. The first kappa shape index (κ1) is 14.3. The summed E-state index contributed by atoms with van der Waals surface area (Å²) in [6.07, 6.45) is 0. The van der Waals surface area contributed by atoms with Gasteiger partial charge in [0.2, 0.25) is 0 Å². The molecule has 0 bridgehead atoms. The molecular formula is C17H5N5. The fourth-order valence-corrected chi connectivity index (χ4v) is 2.10. The number of nitriles is 3. The molecule has 2 aromatic rings. The minimum absolute atomic E-state index is 0.0502. The van der Waals surface area contributed by atoms with Gasteiger partial charge >= 0.3 is 5.82 Å². The zero-order valence-electron chi connectivity index (χ0n) is 11.1. The average molecular weight is 279 g/mol. The fraction of sp³-hybridized carbons (Fsp3) is 0. The Bertz CT molecular complexity index is 1090. The van der Waals surface area contributed by atoms with Gasteiger partial charge in [0.05, 0.1) is 10.8 Å². The highest BCUT2D eigenvalue weighted by molar-refractivity contribution is 5.90. The van der Waals surface area contributed by atoms with Gasteiger partial charge in [-0.1, -0.05) is 24.3 Å². The second-order valence-corrected chi connectivity index (χ2v) is 4.18. The minimum Gasteiger partial charge on any atom is -0.192 e. The van der Waals surface area contributed by atoms with E-state index in [4.69, 9.17) is 23.7 Å². The summed E-state index contributed by atoms with van der Waals surface area (Å²) in [6, 6.07) is 13.6. The summed E-state index contributed by atoms with van der Waals surface area (Å²) in [5, 5.41) is 29.3. The van der Waals surface area contributed by atoms with Gasteiger partial charge in [-0.25, -0.2) is 0 Å². The Labute approximate surface area is 126 Å². The number of hydrogen-bond acceptors (Lipinski definition) is 3. The van der Waals surface area contributed by atoms with Crippen molar-refractivity contribution in [2.45, 2.75) is 0 Å². The minimum atomic E-state index is -0.128. The number of nitrogens with zero attached hydrogens (tertiary/aromatic N) is 5. The highest BCUT2D eigenvalue weighted by Crippen LogP contribution is 2.14. The van der Waals surface area contributed by atoms with Crippen molar-refractivity contribution in [1.29, 1.82) is 15.8 Å². The third-order valence-corrected chi connectivity index (χ3v) is 3.09. The van der Waals surface area contributed by atoms with Crippen LogP contribution in [0.4, 0.5) is 0 Å². The summed E-state index contributed by atoms with van der Waals surface area (Å²) in [4.78, 5) is 6.31. The van der Waals surface area contributed by atoms with Gasteiger partial charge in [0.25, 0.3) is 0 Å². The van der Waals surface area contributed by atoms with E-state index in [9.17, 15) is 5.26 Å². The summed E-state index contributed by atoms with van der Waals surface area (Å²) in [5.74, 6) is -0.0502. The van der Waals surface area contributed by atoms with Gasteiger partial charge in [-0.3, -0.25) is 0 Å². The summed E-state index contributed by atoms with van der Waals surface area (Å²) in [5.41, 5.74) is 0.103. The topological polar surface area (TPSA) is 80.1 Å². The van der Waals surface area contributed by atoms with Crippen LogP contribution in [0.25, 0.3) is 31.9 Å². The van der Waals surface area contributed by atoms with Crippen molar-refractivity contribution in [3.8, 4) is 18.2 Å². The van der Waals surface area contributed by atoms with Crippen LogP contribution in [0.15, 0.2) is 30.3 Å². The molecule has 0 atom stereocenters. The van der Waals surface area contributed by atoms with Crippen molar-refractivity contribution in [1.82, 2.24) is 0 Å². The van der Waals surface area contributed by atoms with Gasteiger partial charge in [-0.05, 0) is 11.5 Å². The van der Waals surface area contributed by atoms with Crippen LogP contribution in [0.3, 0.4) is 0 Å². The maximum atomic E-state index is 9.34. The molecule has 0 unspecified atom stereocenters. The molecule has 0 heterocycles. The van der Waals surface area contributed by atoms with Gasteiger partial charge < -0.3 is 0 Å². The molecule has 5 heteroatoms. The fourth-order valence-electron chi connectivity index (χ4n) is 2.10. The summed E-state index contributed by atoms with van der Waals surface area (Å²) in [7, 11) is 0. The second kappa shape index (κ2) is 5.90. The molecular weight excluding hydrogens is 274 g/mol. The van der Waals surface area contributed by atoms with E-state index >= 15 is 0 Å². The predicted octanol–water partition coefficient (Wildman–Crippen LogP) is 1.81. The molecule has 98 valence electrons. The van der Waals surface area contributed by atoms with Crippen LogP contribution < -0.4 is 10.4 Å². The first-order valence-corrected chi connectivity index (χ1v) is 5.96. The molecule has 0 aliphatic rings. The predicted molar refractivity (Wildman–Crippen MR) is 79.2 cm³/mol. The van der Waals surface area contributed by atoms with Gasteiger partial charge in [-0.2, -0.15) is 25.5 Å². The lowest BCUT2D eigenvalue weighted by Gasteiger charge is -2.01. The molecule has 0 N–H and O–H groups in total. The number of hydrogen-bond donors (Lipinski definition) is 0. The molecule has 2 aromatic carbocycles. The Morgan fingerprint density at radius 1 is 0.955 bits per heavy atom. The van der Waals surface area contributed by atoms with Crippen molar-refractivity contribution >= 4 is 22.2 Å². The van der Waals surface area contributed by atoms with Gasteiger partial charge in [0, 0.05) is 10.6 Å². The van der Waals surface area contributed by atoms with Crippen LogP contribution in [0.5, 0.6) is 0 Å². The Morgan fingerprint density at radius 3 is 2.18 bits per heavy atom. The molecule has 0 fully saturated rings. The summed E-state index contributed by atoms with van der Waals surface area (Å²) >= 11 is 0. The molecule has 2 rings (SSSR count). The Morgan fingerprint density at radius 2 is 1.64 bits per heavy atom. The van der Waals surface area contributed by atoms with Gasteiger partial charge in [0.1, 0.15) is 36.9 Å².